The fraction of sp³-hybridized carbons (Fsp3) is 0.462. The number of rotatable bonds is 4. The molecule has 1 aromatic rings. The highest BCUT2D eigenvalue weighted by molar-refractivity contribution is 6.33. The number of hydrogen-bond donors (Lipinski definition) is 2. The van der Waals surface area contributed by atoms with Crippen LogP contribution in [0.2, 0.25) is 5.02 Å². The van der Waals surface area contributed by atoms with Crippen LogP contribution in [0.25, 0.3) is 0 Å². The summed E-state index contributed by atoms with van der Waals surface area (Å²) in [5.74, 6) is -0.327. The first kappa shape index (κ1) is 12.2. The van der Waals surface area contributed by atoms with Gasteiger partial charge in [-0.1, -0.05) is 24.6 Å². The molecule has 92 valence electrons. The number of hydrogen-bond acceptors (Lipinski definition) is 2. The molecule has 3 nitrogen and oxygen atoms in total. The van der Waals surface area contributed by atoms with Gasteiger partial charge in [-0.15, -0.1) is 0 Å². The first-order valence-corrected chi connectivity index (χ1v) is 6.08. The molecule has 1 aliphatic rings. The number of carboxylic acid groups (broad SMARTS) is 1. The molecule has 1 atom stereocenters. The van der Waals surface area contributed by atoms with Crippen molar-refractivity contribution in [2.24, 2.45) is 5.92 Å². The fourth-order valence-electron chi connectivity index (χ4n) is 2.42. The highest BCUT2D eigenvalue weighted by Gasteiger charge is 2.44. The van der Waals surface area contributed by atoms with E-state index in [1.165, 1.54) is 0 Å². The van der Waals surface area contributed by atoms with Gasteiger partial charge in [0.15, 0.2) is 0 Å². The van der Waals surface area contributed by atoms with Gasteiger partial charge < -0.3 is 10.8 Å². The Morgan fingerprint density at radius 2 is 2.24 bits per heavy atom. The lowest BCUT2D eigenvalue weighted by atomic mass is 9.75. The summed E-state index contributed by atoms with van der Waals surface area (Å²) in [6.07, 6.45) is 2.32. The predicted octanol–water partition coefficient (Wildman–Crippen LogP) is 3.06. The van der Waals surface area contributed by atoms with Gasteiger partial charge >= 0.3 is 5.97 Å². The molecule has 0 bridgehead atoms. The molecule has 17 heavy (non-hydrogen) atoms. The molecule has 0 aromatic heterocycles. The zero-order chi connectivity index (χ0) is 12.6. The van der Waals surface area contributed by atoms with Crippen LogP contribution in [0.15, 0.2) is 18.2 Å². The Balaban J connectivity index is 2.38. The Morgan fingerprint density at radius 1 is 1.59 bits per heavy atom. The van der Waals surface area contributed by atoms with Crippen molar-refractivity contribution in [2.45, 2.75) is 31.6 Å². The van der Waals surface area contributed by atoms with E-state index in [4.69, 9.17) is 22.4 Å². The van der Waals surface area contributed by atoms with Crippen LogP contribution >= 0.6 is 11.6 Å². The molecular weight excluding hydrogens is 238 g/mol. The third-order valence-corrected chi connectivity index (χ3v) is 4.00. The minimum absolute atomic E-state index is 0.138. The van der Waals surface area contributed by atoms with Gasteiger partial charge in [0.2, 0.25) is 0 Å². The Hall–Kier alpha value is -1.22. The Kier molecular flexibility index (Phi) is 3.04. The molecule has 0 heterocycles. The molecule has 4 heteroatoms. The van der Waals surface area contributed by atoms with Crippen molar-refractivity contribution in [1.82, 2.24) is 0 Å². The molecule has 1 fully saturated rings. The summed E-state index contributed by atoms with van der Waals surface area (Å²) in [5, 5.41) is 9.57. The summed E-state index contributed by atoms with van der Waals surface area (Å²) in [4.78, 5) is 11.0. The Labute approximate surface area is 106 Å². The molecule has 1 saturated carbocycles. The lowest BCUT2D eigenvalue weighted by Crippen LogP contribution is -2.28. The molecule has 2 rings (SSSR count). The van der Waals surface area contributed by atoms with Crippen LogP contribution in [0.1, 0.15) is 31.7 Å². The standard InChI is InChI=1S/C13H16ClNO2/c1-13(7-12(16)17,8-2-3-8)9-4-5-10(14)11(15)6-9/h4-6,8H,2-3,7,15H2,1H3,(H,16,17). The molecule has 1 unspecified atom stereocenters. The van der Waals surface area contributed by atoms with E-state index in [-0.39, 0.29) is 11.8 Å². The van der Waals surface area contributed by atoms with Gasteiger partial charge in [-0.05, 0) is 36.5 Å². The van der Waals surface area contributed by atoms with Crippen LogP contribution in [0.5, 0.6) is 0 Å². The molecule has 0 spiro atoms. The van der Waals surface area contributed by atoms with Crippen LogP contribution in [0.4, 0.5) is 5.69 Å². The van der Waals surface area contributed by atoms with E-state index in [9.17, 15) is 4.79 Å². The van der Waals surface area contributed by atoms with E-state index < -0.39 is 5.97 Å². The average Bonchev–Trinajstić information content (AvgIpc) is 3.04. The minimum atomic E-state index is -0.770. The third kappa shape index (κ3) is 2.39. The number of halogens is 1. The maximum Gasteiger partial charge on any atom is 0.304 e. The summed E-state index contributed by atoms with van der Waals surface area (Å²) in [7, 11) is 0. The van der Waals surface area contributed by atoms with Gasteiger partial charge in [-0.25, -0.2) is 0 Å². The Morgan fingerprint density at radius 3 is 2.71 bits per heavy atom. The monoisotopic (exact) mass is 253 g/mol. The Bertz CT molecular complexity index is 457. The van der Waals surface area contributed by atoms with Crippen molar-refractivity contribution in [3.8, 4) is 0 Å². The number of nitrogen functional groups attached to an aromatic ring is 1. The van der Waals surface area contributed by atoms with Crippen LogP contribution in [-0.2, 0) is 10.2 Å². The minimum Gasteiger partial charge on any atom is -0.481 e. The largest absolute Gasteiger partial charge is 0.481 e. The van der Waals surface area contributed by atoms with Crippen LogP contribution in [0, 0.1) is 5.92 Å². The molecule has 0 aliphatic heterocycles. The molecule has 0 saturated heterocycles. The van der Waals surface area contributed by atoms with Crippen molar-refractivity contribution in [3.05, 3.63) is 28.8 Å². The molecule has 3 N–H and O–H groups in total. The number of carboxylic acids is 1. The number of carbonyl (C=O) groups is 1. The van der Waals surface area contributed by atoms with E-state index >= 15 is 0 Å². The summed E-state index contributed by atoms with van der Waals surface area (Å²) in [5.41, 5.74) is 6.95. The van der Waals surface area contributed by atoms with Crippen molar-refractivity contribution in [1.29, 1.82) is 0 Å². The van der Waals surface area contributed by atoms with Gasteiger partial charge in [-0.3, -0.25) is 4.79 Å². The van der Waals surface area contributed by atoms with Gasteiger partial charge in [0.25, 0.3) is 0 Å². The maximum absolute atomic E-state index is 11.0. The molecule has 0 radical (unpaired) electrons. The van der Waals surface area contributed by atoms with Gasteiger partial charge in [0.05, 0.1) is 17.1 Å². The summed E-state index contributed by atoms with van der Waals surface area (Å²) in [6.45, 7) is 2.00. The summed E-state index contributed by atoms with van der Waals surface area (Å²) < 4.78 is 0. The lowest BCUT2D eigenvalue weighted by molar-refractivity contribution is -0.138. The van der Waals surface area contributed by atoms with E-state index in [2.05, 4.69) is 0 Å². The first-order valence-electron chi connectivity index (χ1n) is 5.71. The zero-order valence-corrected chi connectivity index (χ0v) is 10.5. The van der Waals surface area contributed by atoms with Crippen LogP contribution < -0.4 is 5.73 Å². The molecule has 0 amide bonds. The van der Waals surface area contributed by atoms with Crippen molar-refractivity contribution >= 4 is 23.3 Å². The first-order chi connectivity index (χ1) is 7.93. The van der Waals surface area contributed by atoms with Crippen molar-refractivity contribution < 1.29 is 9.90 Å². The highest BCUT2D eigenvalue weighted by atomic mass is 35.5. The topological polar surface area (TPSA) is 63.3 Å². The zero-order valence-electron chi connectivity index (χ0n) is 9.74. The van der Waals surface area contributed by atoms with Gasteiger partial charge in [0.1, 0.15) is 0 Å². The number of anilines is 1. The summed E-state index contributed by atoms with van der Waals surface area (Å²) in [6, 6.07) is 5.44. The van der Waals surface area contributed by atoms with E-state index in [0.29, 0.717) is 16.6 Å². The van der Waals surface area contributed by atoms with E-state index in [0.717, 1.165) is 18.4 Å². The van der Waals surface area contributed by atoms with Crippen molar-refractivity contribution in [2.75, 3.05) is 5.73 Å². The van der Waals surface area contributed by atoms with Crippen molar-refractivity contribution in [3.63, 3.8) is 0 Å². The van der Waals surface area contributed by atoms with Gasteiger partial charge in [0, 0.05) is 5.41 Å². The average molecular weight is 254 g/mol. The number of nitrogens with two attached hydrogens (primary N) is 1. The van der Waals surface area contributed by atoms with Crippen LogP contribution in [-0.4, -0.2) is 11.1 Å². The maximum atomic E-state index is 11.0. The smallest absolute Gasteiger partial charge is 0.304 e. The van der Waals surface area contributed by atoms with Crippen LogP contribution in [0.3, 0.4) is 0 Å². The third-order valence-electron chi connectivity index (χ3n) is 3.65. The second kappa shape index (κ2) is 4.22. The highest BCUT2D eigenvalue weighted by Crippen LogP contribution is 2.49. The normalized spacial score (nSPS) is 18.7. The molecule has 1 aromatic carbocycles. The van der Waals surface area contributed by atoms with Gasteiger partial charge in [-0.2, -0.15) is 0 Å². The number of aliphatic carboxylic acids is 1. The summed E-state index contributed by atoms with van der Waals surface area (Å²) >= 11 is 5.89. The molecular formula is C13H16ClNO2. The van der Waals surface area contributed by atoms with E-state index in [1.807, 2.05) is 19.1 Å². The lowest BCUT2D eigenvalue weighted by Gasteiger charge is -2.29. The fourth-order valence-corrected chi connectivity index (χ4v) is 2.53. The quantitative estimate of drug-likeness (QED) is 0.811. The SMILES string of the molecule is CC(CC(=O)O)(c1ccc(Cl)c(N)c1)C1CC1. The second-order valence-electron chi connectivity index (χ2n) is 5.00. The number of benzene rings is 1. The molecule has 1 aliphatic carbocycles. The van der Waals surface area contributed by atoms with E-state index in [1.54, 1.807) is 6.07 Å². The predicted molar refractivity (Wildman–Crippen MR) is 68.2 cm³/mol. The second-order valence-corrected chi connectivity index (χ2v) is 5.41.